The van der Waals surface area contributed by atoms with Crippen molar-refractivity contribution in [1.29, 1.82) is 0 Å². The molecule has 1 aliphatic rings. The van der Waals surface area contributed by atoms with Gasteiger partial charge < -0.3 is 10.0 Å². The van der Waals surface area contributed by atoms with Crippen LogP contribution in [-0.2, 0) is 31.2 Å². The Kier molecular flexibility index (Phi) is 7.50. The van der Waals surface area contributed by atoms with Crippen molar-refractivity contribution in [2.75, 3.05) is 28.2 Å². The molecule has 0 atom stereocenters. The van der Waals surface area contributed by atoms with E-state index in [-0.39, 0.29) is 12.3 Å². The van der Waals surface area contributed by atoms with Crippen LogP contribution in [0, 0.1) is 6.92 Å². The molecule has 1 aliphatic heterocycles. The summed E-state index contributed by atoms with van der Waals surface area (Å²) in [6.07, 6.45) is -3.98. The molecule has 0 radical (unpaired) electrons. The fraction of sp³-hybridized carbons (Fsp3) is 0.273. The molecule has 0 saturated carbocycles. The van der Waals surface area contributed by atoms with Gasteiger partial charge in [0.1, 0.15) is 5.82 Å². The van der Waals surface area contributed by atoms with Crippen LogP contribution in [0.2, 0.25) is 0 Å². The molecule has 9 nitrogen and oxygen atoms in total. The maximum absolute atomic E-state index is 12.6. The highest BCUT2D eigenvalue weighted by Crippen LogP contribution is 2.31. The summed E-state index contributed by atoms with van der Waals surface area (Å²) in [5.74, 6) is -2.26. The normalized spacial score (nSPS) is 15.3. The van der Waals surface area contributed by atoms with Crippen LogP contribution in [0.15, 0.2) is 53.4 Å². The first-order valence-corrected chi connectivity index (χ1v) is 13.9. The number of sulfone groups is 1. The lowest BCUT2D eigenvalue weighted by atomic mass is 10.1. The first kappa shape index (κ1) is 27.2. The molecule has 2 heterocycles. The van der Waals surface area contributed by atoms with Crippen molar-refractivity contribution >= 4 is 48.2 Å². The number of carboxylic acids is 1. The van der Waals surface area contributed by atoms with Crippen molar-refractivity contribution in [3.8, 4) is 0 Å². The number of alkyl halides is 3. The molecule has 0 bridgehead atoms. The Morgan fingerprint density at radius 2 is 1.78 bits per heavy atom. The molecule has 0 aliphatic carbocycles. The molecule has 0 fully saturated rings. The highest BCUT2D eigenvalue weighted by molar-refractivity contribution is 7.92. The fourth-order valence-corrected chi connectivity index (χ4v) is 5.60. The molecular weight excluding hydrogens is 523 g/mol. The quantitative estimate of drug-likeness (QED) is 0.512. The Morgan fingerprint density at radius 3 is 2.39 bits per heavy atom. The predicted octanol–water partition coefficient (Wildman–Crippen LogP) is 3.34. The van der Waals surface area contributed by atoms with Crippen molar-refractivity contribution in [3.05, 3.63) is 59.7 Å². The average molecular weight is 546 g/mol. The van der Waals surface area contributed by atoms with Gasteiger partial charge in [0.25, 0.3) is 0 Å². The number of nitrogens with zero attached hydrogens (tertiary/aromatic N) is 2. The minimum absolute atomic E-state index is 0.0353. The van der Waals surface area contributed by atoms with Crippen LogP contribution in [0.25, 0.3) is 10.9 Å². The van der Waals surface area contributed by atoms with Crippen LogP contribution in [0.5, 0.6) is 0 Å². The summed E-state index contributed by atoms with van der Waals surface area (Å²) in [4.78, 5) is 15.8. The van der Waals surface area contributed by atoms with Gasteiger partial charge in [-0.25, -0.2) is 26.6 Å². The minimum atomic E-state index is -5.08. The van der Waals surface area contributed by atoms with E-state index in [1.54, 1.807) is 24.3 Å². The summed E-state index contributed by atoms with van der Waals surface area (Å²) < 4.78 is 83.4. The number of aryl methyl sites for hydroxylation is 1. The third kappa shape index (κ3) is 6.63. The van der Waals surface area contributed by atoms with Gasteiger partial charge in [-0.15, -0.1) is 0 Å². The molecule has 0 spiro atoms. The Bertz CT molecular complexity index is 1520. The highest BCUT2D eigenvalue weighted by Gasteiger charge is 2.38. The molecule has 36 heavy (non-hydrogen) atoms. The molecule has 1 aromatic heterocycles. The van der Waals surface area contributed by atoms with Crippen molar-refractivity contribution in [1.82, 2.24) is 4.98 Å². The van der Waals surface area contributed by atoms with Crippen LogP contribution in [-0.4, -0.2) is 57.6 Å². The van der Waals surface area contributed by atoms with E-state index in [1.165, 1.54) is 0 Å². The number of pyridine rings is 1. The van der Waals surface area contributed by atoms with Crippen molar-refractivity contribution in [2.24, 2.45) is 0 Å². The molecule has 2 N–H and O–H groups in total. The SMILES string of the molecule is Cc1ccc2nc(N3CCS(=O)(=O)c4ccccc4C3)cc(NS(C)(=O)=O)c2c1.O=C(O)C(F)(F)F. The Balaban J connectivity index is 0.000000454. The Labute approximate surface area is 205 Å². The molecular formula is C22H22F3N3O6S2. The van der Waals surface area contributed by atoms with Gasteiger partial charge in [-0.2, -0.15) is 13.2 Å². The van der Waals surface area contributed by atoms with Gasteiger partial charge in [0, 0.05) is 24.5 Å². The molecule has 0 amide bonds. The number of hydrogen-bond donors (Lipinski definition) is 2. The van der Waals surface area contributed by atoms with E-state index in [9.17, 15) is 30.0 Å². The first-order valence-electron chi connectivity index (χ1n) is 10.3. The number of sulfonamides is 1. The van der Waals surface area contributed by atoms with Gasteiger partial charge in [-0.05, 0) is 30.7 Å². The van der Waals surface area contributed by atoms with E-state index in [1.807, 2.05) is 36.1 Å². The van der Waals surface area contributed by atoms with Crippen LogP contribution in [0.1, 0.15) is 11.1 Å². The molecule has 2 aromatic carbocycles. The number of benzene rings is 2. The fourth-order valence-electron chi connectivity index (χ4n) is 3.53. The molecule has 4 rings (SSSR count). The number of carbonyl (C=O) groups is 1. The number of nitrogens with one attached hydrogen (secondary N) is 1. The van der Waals surface area contributed by atoms with Crippen molar-refractivity contribution < 1.29 is 39.9 Å². The second kappa shape index (κ2) is 9.93. The highest BCUT2D eigenvalue weighted by atomic mass is 32.2. The second-order valence-corrected chi connectivity index (χ2v) is 11.9. The predicted molar refractivity (Wildman–Crippen MR) is 128 cm³/mol. The summed E-state index contributed by atoms with van der Waals surface area (Å²) >= 11 is 0. The van der Waals surface area contributed by atoms with Crippen molar-refractivity contribution in [2.45, 2.75) is 24.5 Å². The summed E-state index contributed by atoms with van der Waals surface area (Å²) in [5, 5.41) is 7.82. The molecule has 0 saturated heterocycles. The number of aromatic nitrogens is 1. The molecule has 3 aromatic rings. The number of aliphatic carboxylic acids is 1. The average Bonchev–Trinajstić information content (AvgIpc) is 2.89. The number of hydrogen-bond acceptors (Lipinski definition) is 7. The summed E-state index contributed by atoms with van der Waals surface area (Å²) in [7, 11) is -6.88. The van der Waals surface area contributed by atoms with Crippen LogP contribution in [0.4, 0.5) is 24.7 Å². The maximum atomic E-state index is 12.6. The molecule has 194 valence electrons. The van der Waals surface area contributed by atoms with Crippen LogP contribution in [0.3, 0.4) is 0 Å². The van der Waals surface area contributed by atoms with Gasteiger partial charge in [0.2, 0.25) is 10.0 Å². The zero-order chi connectivity index (χ0) is 26.9. The summed E-state index contributed by atoms with van der Waals surface area (Å²) in [5.41, 5.74) is 2.75. The zero-order valence-corrected chi connectivity index (χ0v) is 20.7. The van der Waals surface area contributed by atoms with Gasteiger partial charge >= 0.3 is 12.1 Å². The topological polar surface area (TPSA) is 134 Å². The Morgan fingerprint density at radius 1 is 1.14 bits per heavy atom. The standard InChI is InChI=1S/C20H21N3O4S2.C2HF3O2/c1-14-7-8-17-16(11-14)18(22-28(2,24)25)12-20(21-17)23-9-10-29(26,27)19-6-4-3-5-15(19)13-23;3-2(4,5)1(6)7/h3-8,11-12H,9-10,13H2,1-2H3,(H,21,22);(H,6,7). The monoisotopic (exact) mass is 545 g/mol. The number of anilines is 2. The number of rotatable bonds is 3. The van der Waals surface area contributed by atoms with E-state index >= 15 is 0 Å². The lowest BCUT2D eigenvalue weighted by molar-refractivity contribution is -0.192. The molecule has 0 unspecified atom stereocenters. The lowest BCUT2D eigenvalue weighted by Crippen LogP contribution is -2.26. The minimum Gasteiger partial charge on any atom is -0.475 e. The van der Waals surface area contributed by atoms with E-state index in [2.05, 4.69) is 9.71 Å². The van der Waals surface area contributed by atoms with E-state index in [0.717, 1.165) is 11.8 Å². The first-order chi connectivity index (χ1) is 16.6. The van der Waals surface area contributed by atoms with E-state index in [4.69, 9.17) is 9.90 Å². The summed E-state index contributed by atoms with van der Waals surface area (Å²) in [6, 6.07) is 14.2. The van der Waals surface area contributed by atoms with Crippen LogP contribution < -0.4 is 9.62 Å². The number of halogens is 3. The van der Waals surface area contributed by atoms with Gasteiger partial charge in [-0.1, -0.05) is 29.8 Å². The smallest absolute Gasteiger partial charge is 0.475 e. The molecule has 14 heteroatoms. The third-order valence-electron chi connectivity index (χ3n) is 5.11. The second-order valence-electron chi connectivity index (χ2n) is 8.07. The van der Waals surface area contributed by atoms with E-state index < -0.39 is 32.0 Å². The number of carboxylic acid groups (broad SMARTS) is 1. The van der Waals surface area contributed by atoms with Gasteiger partial charge in [0.05, 0.1) is 28.1 Å². The van der Waals surface area contributed by atoms with Crippen molar-refractivity contribution in [3.63, 3.8) is 0 Å². The van der Waals surface area contributed by atoms with Gasteiger partial charge in [0.15, 0.2) is 9.84 Å². The Hall–Kier alpha value is -3.39. The zero-order valence-electron chi connectivity index (χ0n) is 19.1. The maximum Gasteiger partial charge on any atom is 0.490 e. The summed E-state index contributed by atoms with van der Waals surface area (Å²) in [6.45, 7) is 2.56. The van der Waals surface area contributed by atoms with Gasteiger partial charge in [-0.3, -0.25) is 4.72 Å². The third-order valence-corrected chi connectivity index (χ3v) is 7.49. The number of fused-ring (bicyclic) bond motifs is 2. The lowest BCUT2D eigenvalue weighted by Gasteiger charge is -2.23. The van der Waals surface area contributed by atoms with E-state index in [0.29, 0.717) is 39.4 Å². The van der Waals surface area contributed by atoms with Crippen LogP contribution >= 0.6 is 0 Å². The largest absolute Gasteiger partial charge is 0.490 e.